The van der Waals surface area contributed by atoms with E-state index in [2.05, 4.69) is 10.0 Å². The zero-order valence-corrected chi connectivity index (χ0v) is 14.6. The number of carbonyl (C=O) groups excluding carboxylic acids is 1. The summed E-state index contributed by atoms with van der Waals surface area (Å²) in [4.78, 5) is 12.6. The minimum absolute atomic E-state index is 0.0290. The summed E-state index contributed by atoms with van der Waals surface area (Å²) in [6.45, 7) is 3.97. The molecule has 128 valence electrons. The van der Waals surface area contributed by atoms with Crippen molar-refractivity contribution in [2.24, 2.45) is 0 Å². The summed E-state index contributed by atoms with van der Waals surface area (Å²) in [5.41, 5.74) is 0.572. The Hall–Kier alpha value is -2.34. The Morgan fingerprint density at radius 1 is 1.04 bits per heavy atom. The lowest BCUT2D eigenvalue weighted by Gasteiger charge is -2.16. The lowest BCUT2D eigenvalue weighted by molar-refractivity contribution is 0.0939. The first-order chi connectivity index (χ1) is 11.4. The van der Waals surface area contributed by atoms with Gasteiger partial charge in [0.1, 0.15) is 0 Å². The van der Waals surface area contributed by atoms with Crippen LogP contribution >= 0.6 is 0 Å². The van der Waals surface area contributed by atoms with Crippen LogP contribution in [0.2, 0.25) is 0 Å². The number of para-hydroxylation sites is 1. The highest BCUT2D eigenvalue weighted by Crippen LogP contribution is 2.20. The van der Waals surface area contributed by atoms with Gasteiger partial charge in [-0.15, -0.1) is 0 Å². The first kappa shape index (κ1) is 18.0. The van der Waals surface area contributed by atoms with Crippen molar-refractivity contribution in [3.63, 3.8) is 0 Å². The first-order valence-electron chi connectivity index (χ1n) is 7.92. The average Bonchev–Trinajstić information content (AvgIpc) is 2.56. The average molecular weight is 346 g/mol. The Kier molecular flexibility index (Phi) is 5.98. The van der Waals surface area contributed by atoms with Crippen molar-refractivity contribution in [1.29, 1.82) is 0 Å². The van der Waals surface area contributed by atoms with Crippen LogP contribution in [0.3, 0.4) is 0 Å². The maximum Gasteiger partial charge on any atom is 0.261 e. The molecule has 0 saturated carbocycles. The van der Waals surface area contributed by atoms with Crippen molar-refractivity contribution < 1.29 is 13.2 Å². The molecule has 2 rings (SSSR count). The minimum Gasteiger partial charge on any atom is -0.350 e. The molecule has 0 fully saturated rings. The molecule has 0 saturated heterocycles. The zero-order valence-electron chi connectivity index (χ0n) is 13.8. The van der Waals surface area contributed by atoms with Crippen molar-refractivity contribution in [2.75, 3.05) is 4.72 Å². The van der Waals surface area contributed by atoms with Gasteiger partial charge in [-0.25, -0.2) is 8.42 Å². The number of amides is 1. The first-order valence-corrected chi connectivity index (χ1v) is 9.40. The van der Waals surface area contributed by atoms with Gasteiger partial charge >= 0.3 is 0 Å². The van der Waals surface area contributed by atoms with Crippen molar-refractivity contribution >= 4 is 21.6 Å². The third-order valence-corrected chi connectivity index (χ3v) is 4.95. The number of hydrogen-bond acceptors (Lipinski definition) is 3. The van der Waals surface area contributed by atoms with Crippen LogP contribution in [0.5, 0.6) is 0 Å². The van der Waals surface area contributed by atoms with Crippen LogP contribution in [0.1, 0.15) is 37.0 Å². The summed E-state index contributed by atoms with van der Waals surface area (Å²) in [6.07, 6.45) is 1.83. The van der Waals surface area contributed by atoms with E-state index in [0.29, 0.717) is 5.56 Å². The predicted octanol–water partition coefficient (Wildman–Crippen LogP) is 3.41. The molecule has 0 radical (unpaired) electrons. The number of carbonyl (C=O) groups is 1. The fourth-order valence-electron chi connectivity index (χ4n) is 2.38. The molecular weight excluding hydrogens is 324 g/mol. The van der Waals surface area contributed by atoms with Crippen LogP contribution in [0, 0.1) is 0 Å². The highest BCUT2D eigenvalue weighted by atomic mass is 32.2. The van der Waals surface area contributed by atoms with Crippen LogP contribution < -0.4 is 10.0 Å². The molecule has 0 aliphatic heterocycles. The molecular formula is C18H22N2O3S. The van der Waals surface area contributed by atoms with Gasteiger partial charge in [0.25, 0.3) is 15.9 Å². The molecule has 0 heterocycles. The molecule has 6 heteroatoms. The number of benzene rings is 2. The quantitative estimate of drug-likeness (QED) is 0.807. The monoisotopic (exact) mass is 346 g/mol. The number of rotatable bonds is 7. The largest absolute Gasteiger partial charge is 0.350 e. The van der Waals surface area contributed by atoms with Crippen molar-refractivity contribution in [2.45, 2.75) is 37.6 Å². The molecule has 0 unspecified atom stereocenters. The standard InChI is InChI=1S/C18H22N2O3S/c1-3-9-14(2)19-18(21)16-12-7-8-13-17(16)20-24(22,23)15-10-5-4-6-11-15/h4-8,10-14,20H,3,9H2,1-2H3,(H,19,21)/t14-/m0/s1. The fraction of sp³-hybridized carbons (Fsp3) is 0.278. The highest BCUT2D eigenvalue weighted by molar-refractivity contribution is 7.92. The van der Waals surface area contributed by atoms with Crippen LogP contribution in [0.4, 0.5) is 5.69 Å². The van der Waals surface area contributed by atoms with Crippen LogP contribution in [0.25, 0.3) is 0 Å². The van der Waals surface area contributed by atoms with Gasteiger partial charge in [0.05, 0.1) is 16.1 Å². The van der Waals surface area contributed by atoms with Crippen molar-refractivity contribution in [1.82, 2.24) is 5.32 Å². The van der Waals surface area contributed by atoms with E-state index in [1.165, 1.54) is 12.1 Å². The summed E-state index contributed by atoms with van der Waals surface area (Å²) in [7, 11) is -3.74. The zero-order chi connectivity index (χ0) is 17.6. The normalized spacial score (nSPS) is 12.4. The fourth-order valence-corrected chi connectivity index (χ4v) is 3.48. The minimum atomic E-state index is -3.74. The number of anilines is 1. The van der Waals surface area contributed by atoms with Gasteiger partial charge in [-0.2, -0.15) is 0 Å². The Labute approximate surface area is 143 Å². The molecule has 0 spiro atoms. The highest BCUT2D eigenvalue weighted by Gasteiger charge is 2.19. The third kappa shape index (κ3) is 4.58. The molecule has 5 nitrogen and oxygen atoms in total. The van der Waals surface area contributed by atoms with E-state index in [4.69, 9.17) is 0 Å². The Balaban J connectivity index is 2.25. The topological polar surface area (TPSA) is 75.3 Å². The van der Waals surface area contributed by atoms with E-state index in [0.717, 1.165) is 12.8 Å². The van der Waals surface area contributed by atoms with E-state index >= 15 is 0 Å². The van der Waals surface area contributed by atoms with Crippen LogP contribution in [0.15, 0.2) is 59.5 Å². The van der Waals surface area contributed by atoms with E-state index in [-0.39, 0.29) is 22.5 Å². The van der Waals surface area contributed by atoms with Gasteiger partial charge in [0.15, 0.2) is 0 Å². The van der Waals surface area contributed by atoms with Crippen molar-refractivity contribution in [3.05, 3.63) is 60.2 Å². The lowest BCUT2D eigenvalue weighted by atomic mass is 10.1. The molecule has 2 aromatic carbocycles. The predicted molar refractivity (Wildman–Crippen MR) is 95.5 cm³/mol. The second-order valence-electron chi connectivity index (χ2n) is 5.63. The summed E-state index contributed by atoms with van der Waals surface area (Å²) in [5.74, 6) is -0.290. The van der Waals surface area contributed by atoms with E-state index in [9.17, 15) is 13.2 Å². The van der Waals surface area contributed by atoms with Gasteiger partial charge < -0.3 is 5.32 Å². The van der Waals surface area contributed by atoms with Crippen molar-refractivity contribution in [3.8, 4) is 0 Å². The molecule has 2 aromatic rings. The number of sulfonamides is 1. The summed E-state index contributed by atoms with van der Waals surface area (Å²) < 4.78 is 27.4. The Bertz CT molecular complexity index is 789. The molecule has 0 aliphatic carbocycles. The molecule has 2 N–H and O–H groups in total. The van der Waals surface area contributed by atoms with Gasteiger partial charge in [0.2, 0.25) is 0 Å². The Morgan fingerprint density at radius 3 is 2.33 bits per heavy atom. The Morgan fingerprint density at radius 2 is 1.67 bits per heavy atom. The SMILES string of the molecule is CCC[C@H](C)NC(=O)c1ccccc1NS(=O)(=O)c1ccccc1. The second kappa shape index (κ2) is 7.97. The smallest absolute Gasteiger partial charge is 0.261 e. The summed E-state index contributed by atoms with van der Waals surface area (Å²) in [5, 5.41) is 2.89. The van der Waals surface area contributed by atoms with Gasteiger partial charge in [-0.3, -0.25) is 9.52 Å². The third-order valence-electron chi connectivity index (χ3n) is 3.57. The van der Waals surface area contributed by atoms with Gasteiger partial charge in [-0.05, 0) is 37.6 Å². The molecule has 1 atom stereocenters. The number of hydrogen-bond donors (Lipinski definition) is 2. The molecule has 0 bridgehead atoms. The maximum atomic E-state index is 12.5. The van der Waals surface area contributed by atoms with E-state index < -0.39 is 10.0 Å². The van der Waals surface area contributed by atoms with Gasteiger partial charge in [0, 0.05) is 6.04 Å². The van der Waals surface area contributed by atoms with E-state index in [1.54, 1.807) is 42.5 Å². The van der Waals surface area contributed by atoms with Crippen LogP contribution in [-0.2, 0) is 10.0 Å². The van der Waals surface area contributed by atoms with E-state index in [1.807, 2.05) is 13.8 Å². The number of nitrogens with one attached hydrogen (secondary N) is 2. The maximum absolute atomic E-state index is 12.5. The second-order valence-corrected chi connectivity index (χ2v) is 7.31. The van der Waals surface area contributed by atoms with Crippen LogP contribution in [-0.4, -0.2) is 20.4 Å². The summed E-state index contributed by atoms with van der Waals surface area (Å²) in [6, 6.07) is 14.7. The van der Waals surface area contributed by atoms with Gasteiger partial charge in [-0.1, -0.05) is 43.7 Å². The summed E-state index contributed by atoms with van der Waals surface area (Å²) >= 11 is 0. The molecule has 24 heavy (non-hydrogen) atoms. The lowest BCUT2D eigenvalue weighted by Crippen LogP contribution is -2.33. The molecule has 0 aromatic heterocycles. The molecule has 1 amide bonds. The molecule has 0 aliphatic rings.